The zero-order valence-corrected chi connectivity index (χ0v) is 10.4. The highest BCUT2D eigenvalue weighted by molar-refractivity contribution is 5.68. The van der Waals surface area contributed by atoms with E-state index in [0.29, 0.717) is 24.5 Å². The van der Waals surface area contributed by atoms with Gasteiger partial charge in [0.05, 0.1) is 6.10 Å². The van der Waals surface area contributed by atoms with E-state index in [4.69, 9.17) is 9.47 Å². The van der Waals surface area contributed by atoms with Gasteiger partial charge in [-0.2, -0.15) is 0 Å². The molecular formula is C14H17NO3. The molecule has 0 radical (unpaired) electrons. The Kier molecular flexibility index (Phi) is 2.96. The third kappa shape index (κ3) is 2.08. The van der Waals surface area contributed by atoms with Gasteiger partial charge in [-0.25, -0.2) is 4.79 Å². The molecule has 2 atom stereocenters. The molecule has 0 aromatic heterocycles. The normalized spacial score (nSPS) is 28.9. The molecular weight excluding hydrogens is 230 g/mol. The van der Waals surface area contributed by atoms with E-state index in [9.17, 15) is 4.79 Å². The Hall–Kier alpha value is -1.55. The molecule has 1 aliphatic carbocycles. The fourth-order valence-electron chi connectivity index (χ4n) is 2.78. The average Bonchev–Trinajstić information content (AvgIpc) is 2.88. The highest BCUT2D eigenvalue weighted by atomic mass is 16.6. The molecule has 3 rings (SSSR count). The van der Waals surface area contributed by atoms with Crippen LogP contribution in [0.3, 0.4) is 0 Å². The third-order valence-corrected chi connectivity index (χ3v) is 3.85. The monoisotopic (exact) mass is 247 g/mol. The summed E-state index contributed by atoms with van der Waals surface area (Å²) in [4.78, 5) is 13.6. The minimum absolute atomic E-state index is 0.207. The van der Waals surface area contributed by atoms with E-state index in [1.54, 1.807) is 12.0 Å². The van der Waals surface area contributed by atoms with Gasteiger partial charge in [-0.15, -0.1) is 0 Å². The van der Waals surface area contributed by atoms with Crippen LogP contribution in [0, 0.1) is 11.8 Å². The van der Waals surface area contributed by atoms with Crippen LogP contribution >= 0.6 is 0 Å². The quantitative estimate of drug-likeness (QED) is 0.819. The number of nitrogens with zero attached hydrogens (tertiary/aromatic N) is 1. The Bertz CT molecular complexity index is 422. The molecule has 1 saturated carbocycles. The van der Waals surface area contributed by atoms with Crippen LogP contribution in [0.2, 0.25) is 0 Å². The molecule has 96 valence electrons. The van der Waals surface area contributed by atoms with Crippen molar-refractivity contribution in [1.82, 2.24) is 4.90 Å². The molecule has 1 amide bonds. The maximum absolute atomic E-state index is 11.8. The third-order valence-electron chi connectivity index (χ3n) is 3.85. The number of carbonyl (C=O) groups is 1. The number of likely N-dealkylation sites (tertiary alicyclic amines) is 1. The number of methoxy groups -OCH3 is 1. The lowest BCUT2D eigenvalue weighted by molar-refractivity contribution is 0.0855. The van der Waals surface area contributed by atoms with Crippen molar-refractivity contribution in [3.8, 4) is 0 Å². The largest absolute Gasteiger partial charge is 0.445 e. The van der Waals surface area contributed by atoms with Crippen molar-refractivity contribution in [2.75, 3.05) is 20.2 Å². The molecule has 1 saturated heterocycles. The summed E-state index contributed by atoms with van der Waals surface area (Å²) in [6.07, 6.45) is 0.157. The summed E-state index contributed by atoms with van der Waals surface area (Å²) in [5, 5.41) is 0. The maximum atomic E-state index is 11.8. The topological polar surface area (TPSA) is 38.8 Å². The Morgan fingerprint density at radius 3 is 2.56 bits per heavy atom. The summed E-state index contributed by atoms with van der Waals surface area (Å²) >= 11 is 0. The predicted molar refractivity (Wildman–Crippen MR) is 66.0 cm³/mol. The number of hydrogen-bond donors (Lipinski definition) is 0. The Labute approximate surface area is 106 Å². The Balaban J connectivity index is 1.46. The second-order valence-corrected chi connectivity index (χ2v) is 4.97. The van der Waals surface area contributed by atoms with Crippen LogP contribution in [0.5, 0.6) is 0 Å². The highest BCUT2D eigenvalue weighted by Crippen LogP contribution is 2.47. The van der Waals surface area contributed by atoms with Gasteiger partial charge in [0.15, 0.2) is 0 Å². The van der Waals surface area contributed by atoms with E-state index in [-0.39, 0.29) is 6.09 Å². The number of amides is 1. The zero-order valence-electron chi connectivity index (χ0n) is 10.4. The fourth-order valence-corrected chi connectivity index (χ4v) is 2.78. The smallest absolute Gasteiger partial charge is 0.410 e. The van der Waals surface area contributed by atoms with Crippen LogP contribution < -0.4 is 0 Å². The first-order valence-electron chi connectivity index (χ1n) is 6.28. The minimum atomic E-state index is -0.207. The molecule has 4 nitrogen and oxygen atoms in total. The first-order valence-corrected chi connectivity index (χ1v) is 6.28. The van der Waals surface area contributed by atoms with Crippen LogP contribution in [0.1, 0.15) is 5.56 Å². The van der Waals surface area contributed by atoms with Crippen molar-refractivity contribution in [3.05, 3.63) is 35.9 Å². The summed E-state index contributed by atoms with van der Waals surface area (Å²) in [5.74, 6) is 1.05. The van der Waals surface area contributed by atoms with Gasteiger partial charge in [0.2, 0.25) is 0 Å². The van der Waals surface area contributed by atoms with Crippen molar-refractivity contribution in [3.63, 3.8) is 0 Å². The lowest BCUT2D eigenvalue weighted by Crippen LogP contribution is -2.33. The molecule has 0 N–H and O–H groups in total. The molecule has 4 heteroatoms. The number of benzene rings is 1. The molecule has 1 heterocycles. The molecule has 1 aliphatic heterocycles. The summed E-state index contributed by atoms with van der Waals surface area (Å²) in [6, 6.07) is 9.74. The van der Waals surface area contributed by atoms with Crippen LogP contribution in [0.25, 0.3) is 0 Å². The van der Waals surface area contributed by atoms with Gasteiger partial charge < -0.3 is 14.4 Å². The number of ether oxygens (including phenoxy) is 2. The minimum Gasteiger partial charge on any atom is -0.445 e. The van der Waals surface area contributed by atoms with Gasteiger partial charge in [-0.05, 0) is 5.56 Å². The first-order chi connectivity index (χ1) is 8.79. The average molecular weight is 247 g/mol. The summed E-state index contributed by atoms with van der Waals surface area (Å²) < 4.78 is 10.6. The van der Waals surface area contributed by atoms with Crippen LogP contribution in [-0.4, -0.2) is 37.3 Å². The van der Waals surface area contributed by atoms with Crippen molar-refractivity contribution in [1.29, 1.82) is 0 Å². The molecule has 2 fully saturated rings. The number of rotatable bonds is 3. The van der Waals surface area contributed by atoms with Crippen LogP contribution in [0.4, 0.5) is 4.79 Å². The van der Waals surface area contributed by atoms with Crippen molar-refractivity contribution in [2.24, 2.45) is 11.8 Å². The van der Waals surface area contributed by atoms with Crippen LogP contribution in [-0.2, 0) is 16.1 Å². The number of carbonyl (C=O) groups excluding carboxylic acids is 1. The standard InChI is InChI=1S/C14H17NO3/c1-17-13-11-7-15(8-12(11)13)14(16)18-9-10-5-3-2-4-6-10/h2-6,11-13H,7-9H2,1H3. The van der Waals surface area contributed by atoms with Gasteiger partial charge in [0.1, 0.15) is 6.61 Å². The molecule has 2 unspecified atom stereocenters. The van der Waals surface area contributed by atoms with E-state index in [1.807, 2.05) is 30.3 Å². The van der Waals surface area contributed by atoms with Gasteiger partial charge in [-0.3, -0.25) is 0 Å². The van der Waals surface area contributed by atoms with Crippen molar-refractivity contribution in [2.45, 2.75) is 12.7 Å². The number of hydrogen-bond acceptors (Lipinski definition) is 3. The lowest BCUT2D eigenvalue weighted by atomic mass is 10.2. The van der Waals surface area contributed by atoms with Crippen molar-refractivity contribution < 1.29 is 14.3 Å². The fraction of sp³-hybridized carbons (Fsp3) is 0.500. The van der Waals surface area contributed by atoms with E-state index in [2.05, 4.69) is 0 Å². The van der Waals surface area contributed by atoms with Crippen molar-refractivity contribution >= 4 is 6.09 Å². The molecule has 2 aliphatic rings. The highest BCUT2D eigenvalue weighted by Gasteiger charge is 2.57. The predicted octanol–water partition coefficient (Wildman–Crippen LogP) is 1.90. The Morgan fingerprint density at radius 1 is 1.28 bits per heavy atom. The van der Waals surface area contributed by atoms with Gasteiger partial charge in [-0.1, -0.05) is 30.3 Å². The number of fused-ring (bicyclic) bond motifs is 1. The molecule has 1 aromatic rings. The second-order valence-electron chi connectivity index (χ2n) is 4.97. The Morgan fingerprint density at radius 2 is 1.94 bits per heavy atom. The molecule has 0 bridgehead atoms. The van der Waals surface area contributed by atoms with E-state index in [1.165, 1.54) is 0 Å². The lowest BCUT2D eigenvalue weighted by Gasteiger charge is -2.19. The van der Waals surface area contributed by atoms with E-state index in [0.717, 1.165) is 18.7 Å². The molecule has 0 spiro atoms. The van der Waals surface area contributed by atoms with E-state index >= 15 is 0 Å². The second kappa shape index (κ2) is 4.61. The summed E-state index contributed by atoms with van der Waals surface area (Å²) in [6.45, 7) is 1.90. The zero-order chi connectivity index (χ0) is 12.5. The first kappa shape index (κ1) is 11.5. The van der Waals surface area contributed by atoms with Gasteiger partial charge in [0.25, 0.3) is 0 Å². The summed E-state index contributed by atoms with van der Waals surface area (Å²) in [7, 11) is 1.74. The van der Waals surface area contributed by atoms with Crippen LogP contribution in [0.15, 0.2) is 30.3 Å². The number of piperidine rings is 1. The van der Waals surface area contributed by atoms with Gasteiger partial charge in [0, 0.05) is 32.0 Å². The molecule has 18 heavy (non-hydrogen) atoms. The molecule has 1 aromatic carbocycles. The van der Waals surface area contributed by atoms with E-state index < -0.39 is 0 Å². The SMILES string of the molecule is COC1C2CN(C(=O)OCc3ccccc3)CC21. The maximum Gasteiger partial charge on any atom is 0.410 e. The summed E-state index contributed by atoms with van der Waals surface area (Å²) in [5.41, 5.74) is 1.02. The van der Waals surface area contributed by atoms with Gasteiger partial charge >= 0.3 is 6.09 Å².